The summed E-state index contributed by atoms with van der Waals surface area (Å²) in [4.78, 5) is 13.1. The van der Waals surface area contributed by atoms with Crippen molar-refractivity contribution in [2.24, 2.45) is 0 Å². The quantitative estimate of drug-likeness (QED) is 0.647. The maximum atomic E-state index is 11.2. The van der Waals surface area contributed by atoms with Gasteiger partial charge in [0.2, 0.25) is 0 Å². The molecule has 0 radical (unpaired) electrons. The topological polar surface area (TPSA) is 58.4 Å². The molecule has 21 heavy (non-hydrogen) atoms. The lowest BCUT2D eigenvalue weighted by Gasteiger charge is -2.29. The SMILES string of the molecule is CC(C)N(Cc1cc(Cl)ccc1[N+](=O)[O-])CC1CCCN1. The van der Waals surface area contributed by atoms with Gasteiger partial charge in [0.1, 0.15) is 0 Å². The molecule has 1 N–H and O–H groups in total. The Bertz CT molecular complexity index is 502. The van der Waals surface area contributed by atoms with Crippen molar-refractivity contribution in [2.75, 3.05) is 13.1 Å². The Morgan fingerprint density at radius 1 is 1.52 bits per heavy atom. The van der Waals surface area contributed by atoms with Gasteiger partial charge in [-0.1, -0.05) is 11.6 Å². The summed E-state index contributed by atoms with van der Waals surface area (Å²) in [6.45, 7) is 6.75. The largest absolute Gasteiger partial charge is 0.313 e. The van der Waals surface area contributed by atoms with E-state index in [1.165, 1.54) is 18.9 Å². The first-order chi connectivity index (χ1) is 9.97. The van der Waals surface area contributed by atoms with Crippen molar-refractivity contribution < 1.29 is 4.92 Å². The molecule has 1 heterocycles. The number of rotatable bonds is 6. The molecule has 0 amide bonds. The Labute approximate surface area is 130 Å². The Morgan fingerprint density at radius 2 is 2.29 bits per heavy atom. The zero-order valence-electron chi connectivity index (χ0n) is 12.5. The number of hydrogen-bond donors (Lipinski definition) is 1. The van der Waals surface area contributed by atoms with E-state index in [2.05, 4.69) is 24.1 Å². The van der Waals surface area contributed by atoms with Gasteiger partial charge in [-0.2, -0.15) is 0 Å². The first-order valence-corrected chi connectivity index (χ1v) is 7.75. The fourth-order valence-electron chi connectivity index (χ4n) is 2.73. The van der Waals surface area contributed by atoms with Gasteiger partial charge < -0.3 is 5.32 Å². The van der Waals surface area contributed by atoms with Gasteiger partial charge in [-0.3, -0.25) is 15.0 Å². The molecule has 0 saturated carbocycles. The second-order valence-electron chi connectivity index (χ2n) is 5.85. The van der Waals surface area contributed by atoms with Crippen LogP contribution in [0.1, 0.15) is 32.3 Å². The summed E-state index contributed by atoms with van der Waals surface area (Å²) in [5, 5.41) is 15.2. The molecule has 1 atom stereocenters. The summed E-state index contributed by atoms with van der Waals surface area (Å²) in [5.41, 5.74) is 0.823. The number of nitro groups is 1. The third kappa shape index (κ3) is 4.40. The van der Waals surface area contributed by atoms with E-state index in [1.54, 1.807) is 12.1 Å². The normalized spacial score (nSPS) is 18.6. The highest BCUT2D eigenvalue weighted by molar-refractivity contribution is 6.30. The first-order valence-electron chi connectivity index (χ1n) is 7.37. The van der Waals surface area contributed by atoms with Gasteiger partial charge in [0.05, 0.1) is 4.92 Å². The van der Waals surface area contributed by atoms with Gasteiger partial charge in [0.15, 0.2) is 0 Å². The molecule has 1 saturated heterocycles. The fraction of sp³-hybridized carbons (Fsp3) is 0.600. The molecule has 1 fully saturated rings. The fourth-order valence-corrected chi connectivity index (χ4v) is 2.93. The van der Waals surface area contributed by atoms with E-state index in [9.17, 15) is 10.1 Å². The summed E-state index contributed by atoms with van der Waals surface area (Å²) < 4.78 is 0. The highest BCUT2D eigenvalue weighted by Crippen LogP contribution is 2.25. The van der Waals surface area contributed by atoms with Gasteiger partial charge in [-0.05, 0) is 45.4 Å². The van der Waals surface area contributed by atoms with Crippen molar-refractivity contribution in [3.8, 4) is 0 Å². The van der Waals surface area contributed by atoms with E-state index in [0.29, 0.717) is 29.2 Å². The van der Waals surface area contributed by atoms with E-state index in [-0.39, 0.29) is 10.6 Å². The maximum Gasteiger partial charge on any atom is 0.273 e. The third-order valence-corrected chi connectivity index (χ3v) is 4.19. The van der Waals surface area contributed by atoms with Crippen LogP contribution in [0.2, 0.25) is 5.02 Å². The zero-order chi connectivity index (χ0) is 15.4. The predicted molar refractivity (Wildman–Crippen MR) is 84.7 cm³/mol. The lowest BCUT2D eigenvalue weighted by molar-refractivity contribution is -0.385. The van der Waals surface area contributed by atoms with E-state index >= 15 is 0 Å². The molecule has 116 valence electrons. The molecular formula is C15H22ClN3O2. The van der Waals surface area contributed by atoms with Crippen LogP contribution in [0.15, 0.2) is 18.2 Å². The first kappa shape index (κ1) is 16.2. The van der Waals surface area contributed by atoms with E-state index in [1.807, 2.05) is 0 Å². The average molecular weight is 312 g/mol. The van der Waals surface area contributed by atoms with Crippen molar-refractivity contribution in [2.45, 2.75) is 45.3 Å². The van der Waals surface area contributed by atoms with Crippen LogP contribution < -0.4 is 5.32 Å². The predicted octanol–water partition coefficient (Wildman–Crippen LogP) is 3.21. The van der Waals surface area contributed by atoms with Crippen LogP contribution in [0.25, 0.3) is 0 Å². The Hall–Kier alpha value is -1.17. The number of hydrogen-bond acceptors (Lipinski definition) is 4. The number of nitro benzene ring substituents is 1. The highest BCUT2D eigenvalue weighted by atomic mass is 35.5. The van der Waals surface area contributed by atoms with Crippen molar-refractivity contribution in [3.63, 3.8) is 0 Å². The molecule has 1 aliphatic rings. The van der Waals surface area contributed by atoms with Crippen molar-refractivity contribution in [1.29, 1.82) is 0 Å². The van der Waals surface area contributed by atoms with Crippen molar-refractivity contribution in [3.05, 3.63) is 38.9 Å². The lowest BCUT2D eigenvalue weighted by Crippen LogP contribution is -2.40. The summed E-state index contributed by atoms with van der Waals surface area (Å²) in [6, 6.07) is 5.57. The van der Waals surface area contributed by atoms with Crippen LogP contribution in [0.4, 0.5) is 5.69 Å². The van der Waals surface area contributed by atoms with Crippen molar-refractivity contribution in [1.82, 2.24) is 10.2 Å². The molecule has 6 heteroatoms. The van der Waals surface area contributed by atoms with Crippen LogP contribution in [0.5, 0.6) is 0 Å². The average Bonchev–Trinajstić information content (AvgIpc) is 2.90. The summed E-state index contributed by atoms with van der Waals surface area (Å²) in [5.74, 6) is 0. The van der Waals surface area contributed by atoms with E-state index in [4.69, 9.17) is 11.6 Å². The molecule has 1 aliphatic heterocycles. The minimum Gasteiger partial charge on any atom is -0.313 e. The Morgan fingerprint density at radius 3 is 2.86 bits per heavy atom. The molecule has 0 aromatic heterocycles. The number of nitrogens with zero attached hydrogens (tertiary/aromatic N) is 2. The maximum absolute atomic E-state index is 11.2. The lowest BCUT2D eigenvalue weighted by atomic mass is 10.1. The second-order valence-corrected chi connectivity index (χ2v) is 6.28. The molecule has 1 aromatic carbocycles. The molecule has 0 spiro atoms. The van der Waals surface area contributed by atoms with Gasteiger partial charge in [0.25, 0.3) is 5.69 Å². The van der Waals surface area contributed by atoms with Crippen LogP contribution in [0.3, 0.4) is 0 Å². The van der Waals surface area contributed by atoms with Crippen LogP contribution >= 0.6 is 11.6 Å². The monoisotopic (exact) mass is 311 g/mol. The van der Waals surface area contributed by atoms with Crippen LogP contribution in [-0.4, -0.2) is 35.0 Å². The summed E-state index contributed by atoms with van der Waals surface area (Å²) in [7, 11) is 0. The number of benzene rings is 1. The molecule has 5 nitrogen and oxygen atoms in total. The Kier molecular flexibility index (Phi) is 5.56. The van der Waals surface area contributed by atoms with Gasteiger partial charge in [-0.25, -0.2) is 0 Å². The molecule has 0 aliphatic carbocycles. The summed E-state index contributed by atoms with van der Waals surface area (Å²) >= 11 is 6.00. The van der Waals surface area contributed by atoms with Crippen LogP contribution in [-0.2, 0) is 6.54 Å². The van der Waals surface area contributed by atoms with E-state index < -0.39 is 0 Å². The number of halogens is 1. The molecular weight excluding hydrogens is 290 g/mol. The molecule has 1 unspecified atom stereocenters. The molecule has 2 rings (SSSR count). The molecule has 0 bridgehead atoms. The minimum atomic E-state index is -0.335. The second kappa shape index (κ2) is 7.20. The zero-order valence-corrected chi connectivity index (χ0v) is 13.3. The van der Waals surface area contributed by atoms with Gasteiger partial charge in [0, 0.05) is 41.8 Å². The van der Waals surface area contributed by atoms with E-state index in [0.717, 1.165) is 13.1 Å². The van der Waals surface area contributed by atoms with Gasteiger partial charge in [-0.15, -0.1) is 0 Å². The van der Waals surface area contributed by atoms with Crippen LogP contribution in [0, 0.1) is 10.1 Å². The van der Waals surface area contributed by atoms with Crippen molar-refractivity contribution >= 4 is 17.3 Å². The Balaban J connectivity index is 2.15. The standard InChI is InChI=1S/C15H22ClN3O2/c1-11(2)18(10-14-4-3-7-17-14)9-12-8-13(16)5-6-15(12)19(20)21/h5-6,8,11,14,17H,3-4,7,9-10H2,1-2H3. The smallest absolute Gasteiger partial charge is 0.273 e. The minimum absolute atomic E-state index is 0.143. The molecule has 1 aromatic rings. The summed E-state index contributed by atoms with van der Waals surface area (Å²) in [6.07, 6.45) is 2.37. The van der Waals surface area contributed by atoms with Gasteiger partial charge >= 0.3 is 0 Å². The third-order valence-electron chi connectivity index (χ3n) is 3.96. The number of nitrogens with one attached hydrogen (secondary N) is 1. The highest BCUT2D eigenvalue weighted by Gasteiger charge is 2.23.